The van der Waals surface area contributed by atoms with Gasteiger partial charge in [0.15, 0.2) is 0 Å². The number of hydrogen-bond acceptors (Lipinski definition) is 3. The Hall–Kier alpha value is -2.69. The molecule has 0 aliphatic carbocycles. The van der Waals surface area contributed by atoms with Gasteiger partial charge in [-0.1, -0.05) is 30.3 Å². The minimum atomic E-state index is -0.468. The molecule has 1 atom stereocenters. The summed E-state index contributed by atoms with van der Waals surface area (Å²) in [5.41, 5.74) is 1.70. The highest BCUT2D eigenvalue weighted by Gasteiger charge is 2.38. The largest absolute Gasteiger partial charge is 0.331 e. The summed E-state index contributed by atoms with van der Waals surface area (Å²) in [4.78, 5) is 24.2. The Morgan fingerprint density at radius 1 is 1.14 bits per heavy atom. The second-order valence-corrected chi connectivity index (χ2v) is 5.11. The van der Waals surface area contributed by atoms with E-state index in [4.69, 9.17) is 0 Å². The van der Waals surface area contributed by atoms with Crippen LogP contribution in [-0.4, -0.2) is 28.3 Å². The molecular formula is C16H14N2O3. The molecule has 2 aromatic carbocycles. The number of nitro benzene ring substituents is 1. The normalized spacial score (nSPS) is 16.6. The number of carbonyl (C=O) groups is 1. The third-order valence-electron chi connectivity index (χ3n) is 3.61. The van der Waals surface area contributed by atoms with Crippen molar-refractivity contribution in [3.63, 3.8) is 0 Å². The summed E-state index contributed by atoms with van der Waals surface area (Å²) in [6.07, 6.45) is 0.847. The number of nitro groups is 1. The molecule has 0 spiro atoms. The van der Waals surface area contributed by atoms with Gasteiger partial charge in [0, 0.05) is 24.2 Å². The zero-order chi connectivity index (χ0) is 14.8. The predicted octanol–water partition coefficient (Wildman–Crippen LogP) is 2.66. The number of non-ortho nitro benzene ring substituents is 1. The van der Waals surface area contributed by atoms with Crippen molar-refractivity contribution in [1.82, 2.24) is 4.90 Å². The van der Waals surface area contributed by atoms with Crippen LogP contribution in [0, 0.1) is 10.1 Å². The van der Waals surface area contributed by atoms with Crippen molar-refractivity contribution in [2.75, 3.05) is 6.54 Å². The maximum Gasteiger partial charge on any atom is 0.269 e. The summed E-state index contributed by atoms with van der Waals surface area (Å²) in [7, 11) is 0. The molecule has 0 aromatic heterocycles. The van der Waals surface area contributed by atoms with E-state index in [1.807, 2.05) is 30.3 Å². The number of amides is 1. The first kappa shape index (κ1) is 13.3. The molecule has 1 unspecified atom stereocenters. The van der Waals surface area contributed by atoms with E-state index in [-0.39, 0.29) is 17.6 Å². The minimum Gasteiger partial charge on any atom is -0.331 e. The quantitative estimate of drug-likeness (QED) is 0.492. The van der Waals surface area contributed by atoms with Gasteiger partial charge in [-0.2, -0.15) is 0 Å². The van der Waals surface area contributed by atoms with E-state index in [2.05, 4.69) is 0 Å². The first-order valence-corrected chi connectivity index (χ1v) is 6.74. The van der Waals surface area contributed by atoms with Gasteiger partial charge in [-0.15, -0.1) is 0 Å². The summed E-state index contributed by atoms with van der Waals surface area (Å²) in [6, 6.07) is 16.0. The number of rotatable bonds is 4. The Labute approximate surface area is 122 Å². The fourth-order valence-electron chi connectivity index (χ4n) is 2.38. The Morgan fingerprint density at radius 2 is 1.81 bits per heavy atom. The van der Waals surface area contributed by atoms with Gasteiger partial charge in [-0.05, 0) is 24.1 Å². The van der Waals surface area contributed by atoms with Crippen LogP contribution in [0.1, 0.15) is 15.9 Å². The van der Waals surface area contributed by atoms with E-state index in [0.29, 0.717) is 5.56 Å². The summed E-state index contributed by atoms with van der Waals surface area (Å²) >= 11 is 0. The summed E-state index contributed by atoms with van der Waals surface area (Å²) < 4.78 is 0. The third-order valence-corrected chi connectivity index (χ3v) is 3.61. The SMILES string of the molecule is O=C(c1ccc([N+](=O)[O-])cc1)N1CC1Cc1ccccc1. The van der Waals surface area contributed by atoms with Gasteiger partial charge in [0.1, 0.15) is 0 Å². The lowest BCUT2D eigenvalue weighted by atomic mass is 10.1. The first-order chi connectivity index (χ1) is 10.1. The van der Waals surface area contributed by atoms with Gasteiger partial charge in [0.25, 0.3) is 11.6 Å². The fraction of sp³-hybridized carbons (Fsp3) is 0.188. The smallest absolute Gasteiger partial charge is 0.269 e. The maximum atomic E-state index is 12.2. The molecule has 0 saturated carbocycles. The zero-order valence-electron chi connectivity index (χ0n) is 11.3. The Balaban J connectivity index is 1.63. The zero-order valence-corrected chi connectivity index (χ0v) is 11.3. The van der Waals surface area contributed by atoms with Gasteiger partial charge >= 0.3 is 0 Å². The van der Waals surface area contributed by atoms with Crippen LogP contribution in [0.2, 0.25) is 0 Å². The molecule has 0 bridgehead atoms. The van der Waals surface area contributed by atoms with E-state index in [1.54, 1.807) is 4.90 Å². The topological polar surface area (TPSA) is 63.2 Å². The van der Waals surface area contributed by atoms with Crippen molar-refractivity contribution < 1.29 is 9.72 Å². The van der Waals surface area contributed by atoms with Crippen LogP contribution in [0.4, 0.5) is 5.69 Å². The molecule has 1 heterocycles. The molecule has 1 fully saturated rings. The van der Waals surface area contributed by atoms with Gasteiger partial charge in [0.2, 0.25) is 0 Å². The molecule has 2 aromatic rings. The summed E-state index contributed by atoms with van der Waals surface area (Å²) in [5.74, 6) is -0.0640. The van der Waals surface area contributed by atoms with Gasteiger partial charge in [-0.3, -0.25) is 14.9 Å². The lowest BCUT2D eigenvalue weighted by Crippen LogP contribution is -2.14. The third kappa shape index (κ3) is 2.91. The highest BCUT2D eigenvalue weighted by molar-refractivity contribution is 5.96. The van der Waals surface area contributed by atoms with E-state index in [0.717, 1.165) is 13.0 Å². The molecule has 5 heteroatoms. The van der Waals surface area contributed by atoms with Crippen LogP contribution in [0.3, 0.4) is 0 Å². The molecule has 3 rings (SSSR count). The number of nitrogens with zero attached hydrogens (tertiary/aromatic N) is 2. The van der Waals surface area contributed by atoms with E-state index >= 15 is 0 Å². The van der Waals surface area contributed by atoms with Crippen molar-refractivity contribution in [2.45, 2.75) is 12.5 Å². The van der Waals surface area contributed by atoms with Gasteiger partial charge in [-0.25, -0.2) is 0 Å². The molecule has 5 nitrogen and oxygen atoms in total. The average molecular weight is 282 g/mol. The highest BCUT2D eigenvalue weighted by atomic mass is 16.6. The van der Waals surface area contributed by atoms with Crippen LogP contribution in [0.15, 0.2) is 54.6 Å². The van der Waals surface area contributed by atoms with Crippen molar-refractivity contribution >= 4 is 11.6 Å². The Morgan fingerprint density at radius 3 is 2.43 bits per heavy atom. The van der Waals surface area contributed by atoms with Crippen molar-refractivity contribution in [1.29, 1.82) is 0 Å². The van der Waals surface area contributed by atoms with Crippen molar-refractivity contribution in [2.24, 2.45) is 0 Å². The average Bonchev–Trinajstić information content (AvgIpc) is 3.27. The molecule has 0 radical (unpaired) electrons. The van der Waals surface area contributed by atoms with Gasteiger partial charge in [0.05, 0.1) is 11.0 Å². The molecule has 21 heavy (non-hydrogen) atoms. The highest BCUT2D eigenvalue weighted by Crippen LogP contribution is 2.25. The van der Waals surface area contributed by atoms with Crippen LogP contribution in [0.5, 0.6) is 0 Å². The number of benzene rings is 2. The van der Waals surface area contributed by atoms with Crippen molar-refractivity contribution in [3.8, 4) is 0 Å². The number of carbonyl (C=O) groups excluding carboxylic acids is 1. The van der Waals surface area contributed by atoms with Gasteiger partial charge < -0.3 is 4.90 Å². The van der Waals surface area contributed by atoms with Crippen LogP contribution >= 0.6 is 0 Å². The molecule has 1 aliphatic rings. The van der Waals surface area contributed by atoms with E-state index in [1.165, 1.54) is 29.8 Å². The summed E-state index contributed by atoms with van der Waals surface area (Å²) in [5, 5.41) is 10.6. The van der Waals surface area contributed by atoms with E-state index in [9.17, 15) is 14.9 Å². The Bertz CT molecular complexity index is 668. The number of hydrogen-bond donors (Lipinski definition) is 0. The fourth-order valence-corrected chi connectivity index (χ4v) is 2.38. The van der Waals surface area contributed by atoms with Crippen LogP contribution in [-0.2, 0) is 6.42 Å². The lowest BCUT2D eigenvalue weighted by Gasteiger charge is -2.04. The molecule has 106 valence electrons. The second kappa shape index (κ2) is 5.36. The molecular weight excluding hydrogens is 268 g/mol. The second-order valence-electron chi connectivity index (χ2n) is 5.11. The van der Waals surface area contributed by atoms with Crippen molar-refractivity contribution in [3.05, 3.63) is 75.8 Å². The maximum absolute atomic E-state index is 12.2. The van der Waals surface area contributed by atoms with Crippen LogP contribution < -0.4 is 0 Å². The molecule has 1 saturated heterocycles. The van der Waals surface area contributed by atoms with Crippen LogP contribution in [0.25, 0.3) is 0 Å². The predicted molar refractivity (Wildman–Crippen MR) is 78.1 cm³/mol. The molecule has 1 aliphatic heterocycles. The monoisotopic (exact) mass is 282 g/mol. The molecule has 0 N–H and O–H groups in total. The molecule has 1 amide bonds. The Kier molecular flexibility index (Phi) is 3.39. The lowest BCUT2D eigenvalue weighted by molar-refractivity contribution is -0.384. The minimum absolute atomic E-state index is 0.00168. The summed E-state index contributed by atoms with van der Waals surface area (Å²) in [6.45, 7) is 0.741. The van der Waals surface area contributed by atoms with E-state index < -0.39 is 4.92 Å². The standard InChI is InChI=1S/C16H14N2O3/c19-16(13-6-8-14(9-7-13)18(20)21)17-11-15(17)10-12-4-2-1-3-5-12/h1-9,15H,10-11H2. The first-order valence-electron chi connectivity index (χ1n) is 6.74.